The standard InChI is InChI=1S/C11H11F3N4OS/c12-11(13,14)9-17-10(20-18-9)16-7-2-1-3-8(6-7)19-5-4-15/h1-3,6H,4-5,15H2,(H,16,17,18). The molecule has 0 aliphatic carbocycles. The molecule has 0 aliphatic rings. The molecule has 20 heavy (non-hydrogen) atoms. The third-order valence-electron chi connectivity index (χ3n) is 2.15. The van der Waals surface area contributed by atoms with E-state index in [1.54, 1.807) is 24.3 Å². The lowest BCUT2D eigenvalue weighted by atomic mass is 10.3. The molecule has 0 amide bonds. The van der Waals surface area contributed by atoms with Crippen LogP contribution in [-0.4, -0.2) is 22.5 Å². The van der Waals surface area contributed by atoms with E-state index < -0.39 is 12.0 Å². The number of hydrogen-bond donors (Lipinski definition) is 2. The minimum absolute atomic E-state index is 0.0632. The Kier molecular flexibility index (Phi) is 4.40. The summed E-state index contributed by atoms with van der Waals surface area (Å²) in [7, 11) is 0. The van der Waals surface area contributed by atoms with Crippen LogP contribution in [0.5, 0.6) is 5.75 Å². The van der Waals surface area contributed by atoms with E-state index in [1.165, 1.54) is 0 Å². The van der Waals surface area contributed by atoms with Gasteiger partial charge in [-0.1, -0.05) is 6.07 Å². The van der Waals surface area contributed by atoms with E-state index in [9.17, 15) is 13.2 Å². The molecule has 0 radical (unpaired) electrons. The molecule has 1 aromatic heterocycles. The normalized spacial score (nSPS) is 11.4. The van der Waals surface area contributed by atoms with Crippen molar-refractivity contribution < 1.29 is 17.9 Å². The van der Waals surface area contributed by atoms with E-state index in [-0.39, 0.29) is 5.13 Å². The van der Waals surface area contributed by atoms with Crippen molar-refractivity contribution in [1.82, 2.24) is 9.36 Å². The van der Waals surface area contributed by atoms with Crippen LogP contribution in [-0.2, 0) is 6.18 Å². The molecular formula is C11H11F3N4OS. The zero-order chi connectivity index (χ0) is 14.6. The number of nitrogens with zero attached hydrogens (tertiary/aromatic N) is 2. The molecule has 3 N–H and O–H groups in total. The first kappa shape index (κ1) is 14.5. The number of hydrogen-bond acceptors (Lipinski definition) is 6. The van der Waals surface area contributed by atoms with Crippen molar-refractivity contribution in [2.75, 3.05) is 18.5 Å². The summed E-state index contributed by atoms with van der Waals surface area (Å²) < 4.78 is 45.7. The van der Waals surface area contributed by atoms with Gasteiger partial charge in [-0.15, -0.1) is 0 Å². The molecule has 108 valence electrons. The maximum atomic E-state index is 12.4. The molecule has 0 atom stereocenters. The highest BCUT2D eigenvalue weighted by Gasteiger charge is 2.36. The predicted octanol–water partition coefficient (Wildman–Crippen LogP) is 2.64. The molecule has 0 bridgehead atoms. The highest BCUT2D eigenvalue weighted by atomic mass is 32.1. The fraction of sp³-hybridized carbons (Fsp3) is 0.273. The Bertz CT molecular complexity index is 573. The van der Waals surface area contributed by atoms with Crippen LogP contribution in [0.2, 0.25) is 0 Å². The zero-order valence-corrected chi connectivity index (χ0v) is 11.0. The number of rotatable bonds is 5. The highest BCUT2D eigenvalue weighted by molar-refractivity contribution is 7.09. The molecule has 0 saturated heterocycles. The predicted molar refractivity (Wildman–Crippen MR) is 69.2 cm³/mol. The van der Waals surface area contributed by atoms with Crippen molar-refractivity contribution in [2.24, 2.45) is 5.73 Å². The number of alkyl halides is 3. The summed E-state index contributed by atoms with van der Waals surface area (Å²) in [6.45, 7) is 0.740. The Labute approximate surface area is 116 Å². The molecule has 0 fully saturated rings. The lowest BCUT2D eigenvalue weighted by Crippen LogP contribution is -2.10. The van der Waals surface area contributed by atoms with Gasteiger partial charge in [-0.3, -0.25) is 0 Å². The second kappa shape index (κ2) is 6.06. The molecule has 5 nitrogen and oxygen atoms in total. The maximum Gasteiger partial charge on any atom is 0.452 e. The summed E-state index contributed by atoms with van der Waals surface area (Å²) >= 11 is 0.642. The van der Waals surface area contributed by atoms with Crippen LogP contribution < -0.4 is 15.8 Å². The van der Waals surface area contributed by atoms with Gasteiger partial charge in [-0.25, -0.2) is 0 Å². The van der Waals surface area contributed by atoms with Gasteiger partial charge in [0.05, 0.1) is 0 Å². The Morgan fingerprint density at radius 3 is 2.80 bits per heavy atom. The molecule has 1 heterocycles. The molecule has 9 heteroatoms. The lowest BCUT2D eigenvalue weighted by molar-refractivity contribution is -0.144. The quantitative estimate of drug-likeness (QED) is 0.888. The number of nitrogens with one attached hydrogen (secondary N) is 1. The zero-order valence-electron chi connectivity index (χ0n) is 10.1. The number of benzene rings is 1. The van der Waals surface area contributed by atoms with Crippen molar-refractivity contribution >= 4 is 22.4 Å². The van der Waals surface area contributed by atoms with Crippen molar-refractivity contribution in [2.45, 2.75) is 6.18 Å². The van der Waals surface area contributed by atoms with Crippen molar-refractivity contribution in [1.29, 1.82) is 0 Å². The van der Waals surface area contributed by atoms with E-state index >= 15 is 0 Å². The Hall–Kier alpha value is -1.87. The Morgan fingerprint density at radius 1 is 1.35 bits per heavy atom. The van der Waals surface area contributed by atoms with Gasteiger partial charge in [0, 0.05) is 29.8 Å². The topological polar surface area (TPSA) is 73.1 Å². The summed E-state index contributed by atoms with van der Waals surface area (Å²) in [5, 5.41) is 2.81. The van der Waals surface area contributed by atoms with E-state index in [0.29, 0.717) is 36.1 Å². The van der Waals surface area contributed by atoms with Crippen LogP contribution in [0, 0.1) is 0 Å². The van der Waals surface area contributed by atoms with Crippen LogP contribution in [0.15, 0.2) is 24.3 Å². The molecule has 1 aromatic carbocycles. The van der Waals surface area contributed by atoms with Gasteiger partial charge in [0.1, 0.15) is 12.4 Å². The summed E-state index contributed by atoms with van der Waals surface area (Å²) in [6, 6.07) is 6.76. The average Bonchev–Trinajstić information content (AvgIpc) is 2.85. The minimum atomic E-state index is -4.54. The fourth-order valence-electron chi connectivity index (χ4n) is 1.35. The Balaban J connectivity index is 2.08. The van der Waals surface area contributed by atoms with Gasteiger partial charge in [-0.05, 0) is 12.1 Å². The number of aromatic nitrogens is 2. The largest absolute Gasteiger partial charge is 0.492 e. The minimum Gasteiger partial charge on any atom is -0.492 e. The van der Waals surface area contributed by atoms with Crippen molar-refractivity contribution in [3.8, 4) is 5.75 Å². The molecule has 0 saturated carbocycles. The summed E-state index contributed by atoms with van der Waals surface area (Å²) in [5.41, 5.74) is 5.88. The van der Waals surface area contributed by atoms with Gasteiger partial charge in [0.2, 0.25) is 11.0 Å². The third-order valence-corrected chi connectivity index (χ3v) is 2.78. The summed E-state index contributed by atoms with van der Waals surface area (Å²) in [5.74, 6) is -0.582. The molecular weight excluding hydrogens is 293 g/mol. The van der Waals surface area contributed by atoms with Crippen LogP contribution in [0.1, 0.15) is 5.82 Å². The van der Waals surface area contributed by atoms with E-state index in [2.05, 4.69) is 14.7 Å². The number of nitrogens with two attached hydrogens (primary N) is 1. The molecule has 0 spiro atoms. The average molecular weight is 304 g/mol. The SMILES string of the molecule is NCCOc1cccc(Nc2nc(C(F)(F)F)ns2)c1. The van der Waals surface area contributed by atoms with E-state index in [4.69, 9.17) is 10.5 Å². The summed E-state index contributed by atoms with van der Waals surface area (Å²) in [6.07, 6.45) is -4.54. The molecule has 2 aromatic rings. The van der Waals surface area contributed by atoms with Crippen LogP contribution in [0.4, 0.5) is 24.0 Å². The lowest BCUT2D eigenvalue weighted by Gasteiger charge is -2.07. The summed E-state index contributed by atoms with van der Waals surface area (Å²) in [4.78, 5) is 3.38. The molecule has 0 aliphatic heterocycles. The van der Waals surface area contributed by atoms with Gasteiger partial charge < -0.3 is 15.8 Å². The monoisotopic (exact) mass is 304 g/mol. The van der Waals surface area contributed by atoms with Crippen molar-refractivity contribution in [3.63, 3.8) is 0 Å². The first-order valence-electron chi connectivity index (χ1n) is 5.60. The molecule has 2 rings (SSSR count). The van der Waals surface area contributed by atoms with E-state index in [0.717, 1.165) is 0 Å². The number of anilines is 2. The highest BCUT2D eigenvalue weighted by Crippen LogP contribution is 2.30. The third kappa shape index (κ3) is 3.81. The second-order valence-corrected chi connectivity index (χ2v) is 4.46. The van der Waals surface area contributed by atoms with Crippen LogP contribution in [0.3, 0.4) is 0 Å². The van der Waals surface area contributed by atoms with E-state index in [1.807, 2.05) is 0 Å². The van der Waals surface area contributed by atoms with Crippen molar-refractivity contribution in [3.05, 3.63) is 30.1 Å². The smallest absolute Gasteiger partial charge is 0.452 e. The fourth-order valence-corrected chi connectivity index (χ4v) is 1.96. The molecule has 0 unspecified atom stereocenters. The number of ether oxygens (including phenoxy) is 1. The van der Waals surface area contributed by atoms with Gasteiger partial charge in [0.15, 0.2) is 0 Å². The van der Waals surface area contributed by atoms with Gasteiger partial charge in [-0.2, -0.15) is 22.5 Å². The van der Waals surface area contributed by atoms with Crippen LogP contribution >= 0.6 is 11.5 Å². The number of halogens is 3. The van der Waals surface area contributed by atoms with Crippen LogP contribution in [0.25, 0.3) is 0 Å². The van der Waals surface area contributed by atoms with Gasteiger partial charge >= 0.3 is 6.18 Å². The maximum absolute atomic E-state index is 12.4. The first-order valence-corrected chi connectivity index (χ1v) is 6.37. The Morgan fingerprint density at radius 2 is 2.15 bits per heavy atom. The second-order valence-electron chi connectivity index (χ2n) is 3.71. The van der Waals surface area contributed by atoms with Gasteiger partial charge in [0.25, 0.3) is 0 Å². The first-order chi connectivity index (χ1) is 9.49.